The van der Waals surface area contributed by atoms with Gasteiger partial charge in [0.15, 0.2) is 0 Å². The van der Waals surface area contributed by atoms with Gasteiger partial charge < -0.3 is 4.57 Å². The van der Waals surface area contributed by atoms with Crippen molar-refractivity contribution in [3.8, 4) is 0 Å². The molecule has 138 valence electrons. The van der Waals surface area contributed by atoms with Crippen LogP contribution in [0.4, 0.5) is 11.4 Å². The Morgan fingerprint density at radius 3 is 2.54 bits per heavy atom. The Morgan fingerprint density at radius 2 is 1.82 bits per heavy atom. The summed E-state index contributed by atoms with van der Waals surface area (Å²) < 4.78 is 1.94. The Hall–Kier alpha value is -3.51. The number of amides is 1. The van der Waals surface area contributed by atoms with E-state index in [0.717, 1.165) is 10.9 Å². The minimum absolute atomic E-state index is 0.305. The Balaban J connectivity index is 1.85. The van der Waals surface area contributed by atoms with Crippen LogP contribution in [0.5, 0.6) is 0 Å². The number of anilines is 2. The lowest BCUT2D eigenvalue weighted by atomic mass is 10.2. The highest BCUT2D eigenvalue weighted by molar-refractivity contribution is 6.33. The summed E-state index contributed by atoms with van der Waals surface area (Å²) in [6.45, 7) is 0.546. The third-order valence-electron chi connectivity index (χ3n) is 4.36. The fourth-order valence-corrected chi connectivity index (χ4v) is 3.25. The van der Waals surface area contributed by atoms with Crippen LogP contribution in [0.15, 0.2) is 73.3 Å². The van der Waals surface area contributed by atoms with Gasteiger partial charge in [-0.05, 0) is 42.0 Å². The van der Waals surface area contributed by atoms with E-state index in [2.05, 4.69) is 9.97 Å². The van der Waals surface area contributed by atoms with Crippen LogP contribution in [0.2, 0.25) is 5.02 Å². The molecule has 0 spiro atoms. The van der Waals surface area contributed by atoms with E-state index in [4.69, 9.17) is 11.6 Å². The molecule has 3 heterocycles. The van der Waals surface area contributed by atoms with Gasteiger partial charge in [0.2, 0.25) is 6.29 Å². The van der Waals surface area contributed by atoms with Gasteiger partial charge in [0, 0.05) is 41.7 Å². The molecule has 0 radical (unpaired) electrons. The molecular weight excluding hydrogens is 376 g/mol. The zero-order chi connectivity index (χ0) is 19.5. The highest BCUT2D eigenvalue weighted by atomic mass is 35.5. The van der Waals surface area contributed by atoms with E-state index in [0.29, 0.717) is 34.9 Å². The van der Waals surface area contributed by atoms with Crippen LogP contribution in [0, 0.1) is 0 Å². The van der Waals surface area contributed by atoms with Crippen LogP contribution < -0.4 is 4.90 Å². The Morgan fingerprint density at radius 1 is 1.07 bits per heavy atom. The Labute approximate surface area is 166 Å². The van der Waals surface area contributed by atoms with Gasteiger partial charge in [-0.1, -0.05) is 23.7 Å². The fraction of sp³-hybridized carbons (Fsp3) is 0.0476. The lowest BCUT2D eigenvalue weighted by Gasteiger charge is -2.19. The number of hydrogen-bond donors (Lipinski definition) is 0. The van der Waals surface area contributed by atoms with E-state index in [1.54, 1.807) is 36.8 Å². The molecule has 0 N–H and O–H groups in total. The first-order valence-corrected chi connectivity index (χ1v) is 8.93. The van der Waals surface area contributed by atoms with Crippen molar-refractivity contribution in [3.05, 3.63) is 83.9 Å². The summed E-state index contributed by atoms with van der Waals surface area (Å²) in [6, 6.07) is 14.6. The third-order valence-corrected chi connectivity index (χ3v) is 4.61. The van der Waals surface area contributed by atoms with Gasteiger partial charge in [-0.3, -0.25) is 19.5 Å². The van der Waals surface area contributed by atoms with E-state index in [1.807, 2.05) is 41.1 Å². The predicted octanol–water partition coefficient (Wildman–Crippen LogP) is 4.00. The minimum Gasteiger partial charge on any atom is -0.326 e. The molecule has 6 nitrogen and oxygen atoms in total. The van der Waals surface area contributed by atoms with Crippen molar-refractivity contribution in [2.24, 2.45) is 0 Å². The fourth-order valence-electron chi connectivity index (χ4n) is 3.12. The van der Waals surface area contributed by atoms with E-state index in [1.165, 1.54) is 4.90 Å². The summed E-state index contributed by atoms with van der Waals surface area (Å²) in [6.07, 6.45) is 6.98. The van der Waals surface area contributed by atoms with Gasteiger partial charge in [-0.25, -0.2) is 4.98 Å². The normalized spacial score (nSPS) is 10.8. The molecule has 0 aliphatic heterocycles. The molecule has 28 heavy (non-hydrogen) atoms. The third kappa shape index (κ3) is 3.37. The van der Waals surface area contributed by atoms with Crippen LogP contribution in [-0.4, -0.2) is 26.7 Å². The molecule has 0 atom stereocenters. The van der Waals surface area contributed by atoms with Gasteiger partial charge in [-0.2, -0.15) is 0 Å². The standard InChI is InChI=1S/C21H15ClN4O2/c22-16-5-3-15(4-6-16)12-25-13-19(18-2-1-9-24-21(18)25)26(20(28)14-27)17-7-10-23-11-8-17/h1-11,13-14H,12H2. The molecule has 7 heteroatoms. The maximum Gasteiger partial charge on any atom is 0.295 e. The number of aromatic nitrogens is 3. The second-order valence-electron chi connectivity index (χ2n) is 6.14. The number of halogens is 1. The number of hydrogen-bond acceptors (Lipinski definition) is 4. The first-order chi connectivity index (χ1) is 13.7. The summed E-state index contributed by atoms with van der Waals surface area (Å²) in [5, 5.41) is 1.43. The molecule has 4 aromatic rings. The summed E-state index contributed by atoms with van der Waals surface area (Å²) >= 11 is 5.97. The van der Waals surface area contributed by atoms with Crippen molar-refractivity contribution >= 4 is 46.2 Å². The summed E-state index contributed by atoms with van der Waals surface area (Å²) in [5.74, 6) is -0.666. The van der Waals surface area contributed by atoms with E-state index < -0.39 is 5.91 Å². The predicted molar refractivity (Wildman–Crippen MR) is 108 cm³/mol. The Bertz CT molecular complexity index is 1140. The number of carbonyl (C=O) groups is 2. The molecule has 3 aromatic heterocycles. The second-order valence-corrected chi connectivity index (χ2v) is 6.58. The summed E-state index contributed by atoms with van der Waals surface area (Å²) in [5.41, 5.74) is 2.89. The monoisotopic (exact) mass is 390 g/mol. The van der Waals surface area contributed by atoms with Crippen LogP contribution in [-0.2, 0) is 16.1 Å². The van der Waals surface area contributed by atoms with Gasteiger partial charge in [0.1, 0.15) is 5.65 Å². The molecule has 0 aliphatic carbocycles. The minimum atomic E-state index is -0.666. The zero-order valence-electron chi connectivity index (χ0n) is 14.7. The maximum absolute atomic E-state index is 12.5. The van der Waals surface area contributed by atoms with Crippen LogP contribution in [0.25, 0.3) is 11.0 Å². The van der Waals surface area contributed by atoms with E-state index >= 15 is 0 Å². The topological polar surface area (TPSA) is 68.1 Å². The number of pyridine rings is 2. The SMILES string of the molecule is O=CC(=O)N(c1ccncc1)c1cn(Cc2ccc(Cl)cc2)c2ncccc12. The summed E-state index contributed by atoms with van der Waals surface area (Å²) in [4.78, 5) is 33.6. The number of fused-ring (bicyclic) bond motifs is 1. The van der Waals surface area contributed by atoms with Crippen molar-refractivity contribution in [2.75, 3.05) is 4.90 Å². The van der Waals surface area contributed by atoms with Gasteiger partial charge in [0.25, 0.3) is 5.91 Å². The quantitative estimate of drug-likeness (QED) is 0.381. The van der Waals surface area contributed by atoms with Crippen LogP contribution >= 0.6 is 11.6 Å². The highest BCUT2D eigenvalue weighted by Gasteiger charge is 2.22. The van der Waals surface area contributed by atoms with Gasteiger partial charge in [0.05, 0.1) is 11.4 Å². The molecule has 0 aliphatic rings. The van der Waals surface area contributed by atoms with Gasteiger partial charge in [-0.15, -0.1) is 0 Å². The molecular formula is C21H15ClN4O2. The molecule has 0 fully saturated rings. The first-order valence-electron chi connectivity index (χ1n) is 8.55. The molecule has 0 saturated carbocycles. The van der Waals surface area contributed by atoms with Crippen molar-refractivity contribution in [2.45, 2.75) is 6.54 Å². The van der Waals surface area contributed by atoms with Crippen LogP contribution in [0.3, 0.4) is 0 Å². The average Bonchev–Trinajstić information content (AvgIpc) is 3.09. The number of rotatable bonds is 5. The zero-order valence-corrected chi connectivity index (χ0v) is 15.5. The first kappa shape index (κ1) is 17.9. The van der Waals surface area contributed by atoms with E-state index in [9.17, 15) is 9.59 Å². The van der Waals surface area contributed by atoms with Crippen molar-refractivity contribution < 1.29 is 9.59 Å². The van der Waals surface area contributed by atoms with Crippen molar-refractivity contribution in [3.63, 3.8) is 0 Å². The lowest BCUT2D eigenvalue weighted by molar-refractivity contribution is -0.129. The molecule has 0 bridgehead atoms. The number of aldehydes is 1. The summed E-state index contributed by atoms with van der Waals surface area (Å²) in [7, 11) is 0. The Kier molecular flexibility index (Phi) is 4.87. The van der Waals surface area contributed by atoms with E-state index in [-0.39, 0.29) is 0 Å². The van der Waals surface area contributed by atoms with Crippen molar-refractivity contribution in [1.82, 2.24) is 14.5 Å². The number of benzene rings is 1. The molecule has 4 rings (SSSR count). The second kappa shape index (κ2) is 7.62. The van der Waals surface area contributed by atoms with Crippen LogP contribution in [0.1, 0.15) is 5.56 Å². The molecule has 1 aromatic carbocycles. The molecule has 0 saturated heterocycles. The largest absolute Gasteiger partial charge is 0.326 e. The maximum atomic E-state index is 12.5. The highest BCUT2D eigenvalue weighted by Crippen LogP contribution is 2.33. The lowest BCUT2D eigenvalue weighted by Crippen LogP contribution is -2.26. The number of carbonyl (C=O) groups excluding carboxylic acids is 2. The van der Waals surface area contributed by atoms with Gasteiger partial charge >= 0.3 is 0 Å². The number of nitrogens with zero attached hydrogens (tertiary/aromatic N) is 4. The van der Waals surface area contributed by atoms with Crippen molar-refractivity contribution in [1.29, 1.82) is 0 Å². The molecule has 1 amide bonds. The average molecular weight is 391 g/mol. The molecule has 0 unspecified atom stereocenters. The smallest absolute Gasteiger partial charge is 0.295 e.